The number of hydrogen-bond donors (Lipinski definition) is 3. The molecule has 1 rings (SSSR count). The summed E-state index contributed by atoms with van der Waals surface area (Å²) >= 11 is 0. The molecule has 0 aliphatic carbocycles. The second kappa shape index (κ2) is 3.03. The van der Waals surface area contributed by atoms with Gasteiger partial charge < -0.3 is 15.7 Å². The minimum atomic E-state index is -4.66. The van der Waals surface area contributed by atoms with Crippen molar-refractivity contribution in [3.05, 3.63) is 6.33 Å². The molecule has 0 saturated carbocycles. The van der Waals surface area contributed by atoms with Gasteiger partial charge in [-0.1, -0.05) is 0 Å². The summed E-state index contributed by atoms with van der Waals surface area (Å²) in [7, 11) is -4.66. The van der Waals surface area contributed by atoms with Crippen molar-refractivity contribution in [3.63, 3.8) is 0 Å². The predicted octanol–water partition coefficient (Wildman–Crippen LogP) is -1.18. The second-order valence-electron chi connectivity index (χ2n) is 1.98. The molecule has 0 spiro atoms. The van der Waals surface area contributed by atoms with E-state index in [0.29, 0.717) is 0 Å². The molecule has 0 bridgehead atoms. The standard InChI is InChI=1S/C4H6N4O4S/c5-3-2(12-13(9,10)11)4(6)8-1-7-3/h1H,(H,9,10,11)(H4,5,6,7,8). The van der Waals surface area contributed by atoms with E-state index in [9.17, 15) is 8.42 Å². The van der Waals surface area contributed by atoms with Crippen LogP contribution in [0.4, 0.5) is 11.6 Å². The fourth-order valence-corrected chi connectivity index (χ4v) is 0.974. The number of nitrogen functional groups attached to an aromatic ring is 2. The molecule has 0 atom stereocenters. The van der Waals surface area contributed by atoms with E-state index >= 15 is 0 Å². The average molecular weight is 206 g/mol. The molecule has 0 aliphatic rings. The molecule has 0 aliphatic heterocycles. The highest BCUT2D eigenvalue weighted by atomic mass is 32.3. The molecule has 0 fully saturated rings. The van der Waals surface area contributed by atoms with Crippen LogP contribution in [-0.2, 0) is 10.4 Å². The fraction of sp³-hybridized carbons (Fsp3) is 0. The zero-order valence-electron chi connectivity index (χ0n) is 6.21. The van der Waals surface area contributed by atoms with Crippen molar-refractivity contribution < 1.29 is 17.2 Å². The lowest BCUT2D eigenvalue weighted by Gasteiger charge is -2.04. The Balaban J connectivity index is 3.15. The van der Waals surface area contributed by atoms with Crippen LogP contribution in [0.25, 0.3) is 0 Å². The number of nitrogens with zero attached hydrogens (tertiary/aromatic N) is 2. The summed E-state index contributed by atoms with van der Waals surface area (Å²) in [4.78, 5) is 6.82. The van der Waals surface area contributed by atoms with Crippen LogP contribution >= 0.6 is 0 Å². The summed E-state index contributed by atoms with van der Waals surface area (Å²) in [5.41, 5.74) is 10.4. The van der Waals surface area contributed by atoms with Crippen molar-refractivity contribution in [3.8, 4) is 5.75 Å². The average Bonchev–Trinajstić information content (AvgIpc) is 1.95. The molecule has 1 aromatic heterocycles. The first-order valence-corrected chi connectivity index (χ1v) is 4.29. The van der Waals surface area contributed by atoms with E-state index in [1.54, 1.807) is 0 Å². The maximum Gasteiger partial charge on any atom is 0.446 e. The van der Waals surface area contributed by atoms with E-state index in [2.05, 4.69) is 14.2 Å². The molecule has 72 valence electrons. The first-order valence-electron chi connectivity index (χ1n) is 2.93. The van der Waals surface area contributed by atoms with Crippen molar-refractivity contribution in [2.75, 3.05) is 11.5 Å². The number of hydrogen-bond acceptors (Lipinski definition) is 7. The third-order valence-corrected chi connectivity index (χ3v) is 1.42. The molecule has 0 saturated heterocycles. The zero-order chi connectivity index (χ0) is 10.1. The van der Waals surface area contributed by atoms with Crippen molar-refractivity contribution in [1.29, 1.82) is 0 Å². The highest BCUT2D eigenvalue weighted by molar-refractivity contribution is 7.81. The van der Waals surface area contributed by atoms with Crippen molar-refractivity contribution in [2.24, 2.45) is 0 Å². The Labute approximate surface area is 73.5 Å². The number of aromatic nitrogens is 2. The first kappa shape index (κ1) is 9.48. The van der Waals surface area contributed by atoms with Crippen LogP contribution in [-0.4, -0.2) is 22.9 Å². The van der Waals surface area contributed by atoms with Crippen LogP contribution in [0.3, 0.4) is 0 Å². The summed E-state index contributed by atoms with van der Waals surface area (Å²) in [5.74, 6) is -1.03. The van der Waals surface area contributed by atoms with E-state index in [1.807, 2.05) is 0 Å². The monoisotopic (exact) mass is 206 g/mol. The highest BCUT2D eigenvalue weighted by Crippen LogP contribution is 2.24. The molecule has 1 heterocycles. The molecule has 1 aromatic rings. The summed E-state index contributed by atoms with van der Waals surface area (Å²) < 4.78 is 32.9. The molecule has 0 amide bonds. The molecule has 9 heteroatoms. The molecule has 13 heavy (non-hydrogen) atoms. The molecular weight excluding hydrogens is 200 g/mol. The van der Waals surface area contributed by atoms with Crippen LogP contribution in [0, 0.1) is 0 Å². The second-order valence-corrected chi connectivity index (χ2v) is 3.01. The third-order valence-electron chi connectivity index (χ3n) is 1.05. The van der Waals surface area contributed by atoms with E-state index in [-0.39, 0.29) is 11.6 Å². The normalized spacial score (nSPS) is 11.2. The molecule has 0 unspecified atom stereocenters. The fourth-order valence-electron chi connectivity index (χ4n) is 0.592. The Kier molecular flexibility index (Phi) is 2.21. The van der Waals surface area contributed by atoms with Gasteiger partial charge in [0, 0.05) is 0 Å². The SMILES string of the molecule is Nc1ncnc(N)c1OS(=O)(=O)O. The Morgan fingerprint density at radius 3 is 2.15 bits per heavy atom. The van der Waals surface area contributed by atoms with Crippen molar-refractivity contribution >= 4 is 22.0 Å². The third kappa shape index (κ3) is 2.42. The lowest BCUT2D eigenvalue weighted by atomic mass is 10.5. The largest absolute Gasteiger partial charge is 0.446 e. The van der Waals surface area contributed by atoms with Gasteiger partial charge in [0.15, 0.2) is 11.6 Å². The molecule has 0 aromatic carbocycles. The van der Waals surface area contributed by atoms with Crippen LogP contribution in [0.1, 0.15) is 0 Å². The Morgan fingerprint density at radius 1 is 1.31 bits per heavy atom. The topological polar surface area (TPSA) is 141 Å². The van der Waals surface area contributed by atoms with Gasteiger partial charge in [-0.3, -0.25) is 4.55 Å². The van der Waals surface area contributed by atoms with Gasteiger partial charge in [-0.05, 0) is 0 Å². The van der Waals surface area contributed by atoms with E-state index in [0.717, 1.165) is 6.33 Å². The van der Waals surface area contributed by atoms with Gasteiger partial charge in [-0.15, -0.1) is 0 Å². The summed E-state index contributed by atoms with van der Waals surface area (Å²) in [6.45, 7) is 0. The first-order chi connectivity index (χ1) is 5.90. The van der Waals surface area contributed by atoms with Gasteiger partial charge >= 0.3 is 10.4 Å². The number of rotatable bonds is 2. The number of nitrogens with two attached hydrogens (primary N) is 2. The van der Waals surface area contributed by atoms with Crippen LogP contribution < -0.4 is 15.7 Å². The van der Waals surface area contributed by atoms with Crippen molar-refractivity contribution in [2.45, 2.75) is 0 Å². The summed E-state index contributed by atoms with van der Waals surface area (Å²) in [5, 5.41) is 0. The van der Waals surface area contributed by atoms with Gasteiger partial charge in [-0.2, -0.15) is 8.42 Å². The lowest BCUT2D eigenvalue weighted by molar-refractivity contribution is 0.387. The van der Waals surface area contributed by atoms with Crippen LogP contribution in [0.2, 0.25) is 0 Å². The lowest BCUT2D eigenvalue weighted by Crippen LogP contribution is -2.11. The smallest absolute Gasteiger partial charge is 0.380 e. The maximum absolute atomic E-state index is 10.3. The highest BCUT2D eigenvalue weighted by Gasteiger charge is 2.14. The molecular formula is C4H6N4O4S. The van der Waals surface area contributed by atoms with Crippen LogP contribution in [0.15, 0.2) is 6.33 Å². The number of anilines is 2. The van der Waals surface area contributed by atoms with E-state index in [4.69, 9.17) is 16.0 Å². The Morgan fingerprint density at radius 2 is 1.77 bits per heavy atom. The van der Waals surface area contributed by atoms with Gasteiger partial charge in [0.05, 0.1) is 0 Å². The quantitative estimate of drug-likeness (QED) is 0.513. The van der Waals surface area contributed by atoms with E-state index < -0.39 is 16.1 Å². The maximum atomic E-state index is 10.3. The van der Waals surface area contributed by atoms with Crippen LogP contribution in [0.5, 0.6) is 5.75 Å². The Hall–Kier alpha value is -1.61. The minimum Gasteiger partial charge on any atom is -0.380 e. The van der Waals surface area contributed by atoms with Gasteiger partial charge in [0.1, 0.15) is 6.33 Å². The molecule has 8 nitrogen and oxygen atoms in total. The van der Waals surface area contributed by atoms with Gasteiger partial charge in [0.25, 0.3) is 0 Å². The summed E-state index contributed by atoms with van der Waals surface area (Å²) in [6.07, 6.45) is 1.03. The molecule has 0 radical (unpaired) electrons. The minimum absolute atomic E-state index is 0.273. The zero-order valence-corrected chi connectivity index (χ0v) is 7.02. The Bertz CT molecular complexity index is 396. The van der Waals surface area contributed by atoms with E-state index in [1.165, 1.54) is 0 Å². The van der Waals surface area contributed by atoms with Gasteiger partial charge in [0.2, 0.25) is 5.75 Å². The molecule has 5 N–H and O–H groups in total. The van der Waals surface area contributed by atoms with Gasteiger partial charge in [-0.25, -0.2) is 9.97 Å². The predicted molar refractivity (Wildman–Crippen MR) is 43.0 cm³/mol. The summed E-state index contributed by atoms with van der Waals surface area (Å²) in [6, 6.07) is 0. The van der Waals surface area contributed by atoms with Crippen molar-refractivity contribution in [1.82, 2.24) is 9.97 Å².